The lowest BCUT2D eigenvalue weighted by molar-refractivity contribution is 1.29. The molecule has 1 rings (SSSR count). The SMILES string of the molecule is C=C(P)c1ccccn1. The standard InChI is InChI=1S/C7H8NP/c1-6(9)7-4-2-3-5-8-7/h2-5H,1,9H2. The molecular formula is C7H8NP. The van der Waals surface area contributed by atoms with Gasteiger partial charge in [0.05, 0.1) is 5.69 Å². The van der Waals surface area contributed by atoms with Crippen molar-refractivity contribution in [3.05, 3.63) is 36.7 Å². The zero-order chi connectivity index (χ0) is 6.69. The first-order valence-corrected chi connectivity index (χ1v) is 3.24. The Balaban J connectivity index is 2.98. The van der Waals surface area contributed by atoms with Gasteiger partial charge in [-0.2, -0.15) is 0 Å². The van der Waals surface area contributed by atoms with Crippen LogP contribution in [0, 0.1) is 0 Å². The smallest absolute Gasteiger partial charge is 0.0695 e. The topological polar surface area (TPSA) is 12.9 Å². The first-order chi connectivity index (χ1) is 4.30. The predicted molar refractivity (Wildman–Crippen MR) is 43.0 cm³/mol. The van der Waals surface area contributed by atoms with E-state index < -0.39 is 0 Å². The molecule has 46 valence electrons. The molecule has 0 aliphatic carbocycles. The average molecular weight is 137 g/mol. The summed E-state index contributed by atoms with van der Waals surface area (Å²) < 4.78 is 0. The average Bonchev–Trinajstić information content (AvgIpc) is 1.90. The molecule has 0 spiro atoms. The van der Waals surface area contributed by atoms with Crippen molar-refractivity contribution in [3.8, 4) is 0 Å². The number of nitrogens with zero attached hydrogens (tertiary/aromatic N) is 1. The van der Waals surface area contributed by atoms with Gasteiger partial charge in [0.2, 0.25) is 0 Å². The van der Waals surface area contributed by atoms with Crippen molar-refractivity contribution in [3.63, 3.8) is 0 Å². The Labute approximate surface area is 57.0 Å². The highest BCUT2D eigenvalue weighted by Gasteiger charge is 1.88. The number of hydrogen-bond acceptors (Lipinski definition) is 1. The van der Waals surface area contributed by atoms with Crippen molar-refractivity contribution >= 4 is 14.6 Å². The van der Waals surface area contributed by atoms with Crippen molar-refractivity contribution in [2.75, 3.05) is 0 Å². The van der Waals surface area contributed by atoms with Gasteiger partial charge in [-0.25, -0.2) is 0 Å². The van der Waals surface area contributed by atoms with Gasteiger partial charge in [0.25, 0.3) is 0 Å². The maximum Gasteiger partial charge on any atom is 0.0695 e. The van der Waals surface area contributed by atoms with Crippen LogP contribution in [0.25, 0.3) is 5.31 Å². The molecule has 9 heavy (non-hydrogen) atoms. The first-order valence-electron chi connectivity index (χ1n) is 2.66. The third-order valence-electron chi connectivity index (χ3n) is 0.994. The minimum absolute atomic E-state index is 0.926. The van der Waals surface area contributed by atoms with Crippen LogP contribution < -0.4 is 0 Å². The predicted octanol–water partition coefficient (Wildman–Crippen LogP) is 1.93. The minimum atomic E-state index is 0.926. The van der Waals surface area contributed by atoms with Crippen LogP contribution in [0.2, 0.25) is 0 Å². The minimum Gasteiger partial charge on any atom is -0.256 e. The van der Waals surface area contributed by atoms with Gasteiger partial charge in [0, 0.05) is 6.20 Å². The van der Waals surface area contributed by atoms with Crippen molar-refractivity contribution in [2.45, 2.75) is 0 Å². The van der Waals surface area contributed by atoms with E-state index in [1.54, 1.807) is 6.20 Å². The van der Waals surface area contributed by atoms with Gasteiger partial charge in [-0.1, -0.05) is 12.6 Å². The maximum atomic E-state index is 4.06. The summed E-state index contributed by atoms with van der Waals surface area (Å²) in [7, 11) is 2.52. The lowest BCUT2D eigenvalue weighted by Gasteiger charge is -1.93. The second kappa shape index (κ2) is 2.75. The number of rotatable bonds is 1. The fourth-order valence-electron chi connectivity index (χ4n) is 0.553. The summed E-state index contributed by atoms with van der Waals surface area (Å²) in [4.78, 5) is 4.06. The molecule has 0 amide bonds. The molecule has 0 aliphatic rings. The molecule has 0 radical (unpaired) electrons. The molecule has 1 nitrogen and oxygen atoms in total. The molecule has 1 atom stereocenters. The van der Waals surface area contributed by atoms with Crippen molar-refractivity contribution in [1.82, 2.24) is 4.98 Å². The highest BCUT2D eigenvalue weighted by atomic mass is 31.0. The summed E-state index contributed by atoms with van der Waals surface area (Å²) >= 11 is 0. The Hall–Kier alpha value is -0.680. The molecule has 0 saturated heterocycles. The van der Waals surface area contributed by atoms with E-state index in [0.717, 1.165) is 11.0 Å². The second-order valence-corrected chi connectivity index (χ2v) is 2.44. The summed E-state index contributed by atoms with van der Waals surface area (Å²) in [5.74, 6) is 0. The molecule has 0 bridgehead atoms. The van der Waals surface area contributed by atoms with Gasteiger partial charge in [0.15, 0.2) is 0 Å². The second-order valence-electron chi connectivity index (χ2n) is 1.74. The largest absolute Gasteiger partial charge is 0.256 e. The third-order valence-corrected chi connectivity index (χ3v) is 1.29. The molecule has 0 fully saturated rings. The maximum absolute atomic E-state index is 4.06. The number of hydrogen-bond donors (Lipinski definition) is 0. The summed E-state index contributed by atoms with van der Waals surface area (Å²) in [6, 6.07) is 5.75. The zero-order valence-electron chi connectivity index (χ0n) is 5.04. The lowest BCUT2D eigenvalue weighted by Crippen LogP contribution is -1.77. The van der Waals surface area contributed by atoms with Gasteiger partial charge in [0.1, 0.15) is 0 Å². The van der Waals surface area contributed by atoms with Gasteiger partial charge >= 0.3 is 0 Å². The summed E-state index contributed by atoms with van der Waals surface area (Å²) in [5, 5.41) is 0.926. The Morgan fingerprint density at radius 1 is 1.56 bits per heavy atom. The lowest BCUT2D eigenvalue weighted by atomic mass is 10.3. The highest BCUT2D eigenvalue weighted by Crippen LogP contribution is 2.14. The summed E-state index contributed by atoms with van der Waals surface area (Å²) in [6.45, 7) is 3.73. The van der Waals surface area contributed by atoms with Gasteiger partial charge in [-0.15, -0.1) is 9.24 Å². The summed E-state index contributed by atoms with van der Waals surface area (Å²) in [6.07, 6.45) is 1.75. The van der Waals surface area contributed by atoms with Gasteiger partial charge in [-0.3, -0.25) is 4.98 Å². The monoisotopic (exact) mass is 137 g/mol. The third kappa shape index (κ3) is 1.62. The van der Waals surface area contributed by atoms with Crippen molar-refractivity contribution < 1.29 is 0 Å². The Kier molecular flexibility index (Phi) is 1.96. The molecule has 0 N–H and O–H groups in total. The van der Waals surface area contributed by atoms with Crippen LogP contribution in [0.3, 0.4) is 0 Å². The van der Waals surface area contributed by atoms with E-state index in [0.29, 0.717) is 0 Å². The molecule has 1 unspecified atom stereocenters. The molecule has 2 heteroatoms. The van der Waals surface area contributed by atoms with E-state index >= 15 is 0 Å². The number of pyridine rings is 1. The molecule has 0 saturated carbocycles. The normalized spacial score (nSPS) is 9.00. The van der Waals surface area contributed by atoms with Crippen LogP contribution in [0.1, 0.15) is 5.69 Å². The van der Waals surface area contributed by atoms with Crippen LogP contribution in [-0.4, -0.2) is 4.98 Å². The number of aromatic nitrogens is 1. The van der Waals surface area contributed by atoms with Gasteiger partial charge < -0.3 is 0 Å². The van der Waals surface area contributed by atoms with Crippen LogP contribution in [0.4, 0.5) is 0 Å². The first kappa shape index (κ1) is 6.44. The fraction of sp³-hybridized carbons (Fsp3) is 0. The summed E-state index contributed by atoms with van der Waals surface area (Å²) in [5.41, 5.74) is 0.933. The zero-order valence-corrected chi connectivity index (χ0v) is 6.20. The van der Waals surface area contributed by atoms with Crippen LogP contribution >= 0.6 is 9.24 Å². The van der Waals surface area contributed by atoms with E-state index in [4.69, 9.17) is 0 Å². The Bertz CT molecular complexity index is 205. The fourth-order valence-corrected chi connectivity index (χ4v) is 0.723. The van der Waals surface area contributed by atoms with Crippen LogP contribution in [-0.2, 0) is 0 Å². The quantitative estimate of drug-likeness (QED) is 0.539. The van der Waals surface area contributed by atoms with E-state index in [1.807, 2.05) is 18.2 Å². The van der Waals surface area contributed by atoms with E-state index in [9.17, 15) is 0 Å². The van der Waals surface area contributed by atoms with Crippen LogP contribution in [0.5, 0.6) is 0 Å². The van der Waals surface area contributed by atoms with Crippen molar-refractivity contribution in [2.24, 2.45) is 0 Å². The van der Waals surface area contributed by atoms with Gasteiger partial charge in [-0.05, 0) is 17.4 Å². The van der Waals surface area contributed by atoms with Crippen molar-refractivity contribution in [1.29, 1.82) is 0 Å². The highest BCUT2D eigenvalue weighted by molar-refractivity contribution is 7.31. The Morgan fingerprint density at radius 3 is 2.67 bits per heavy atom. The molecule has 1 heterocycles. The van der Waals surface area contributed by atoms with E-state index in [-0.39, 0.29) is 0 Å². The van der Waals surface area contributed by atoms with E-state index in [1.165, 1.54) is 0 Å². The Morgan fingerprint density at radius 2 is 2.33 bits per heavy atom. The molecule has 0 aliphatic heterocycles. The molecule has 1 aromatic heterocycles. The molecular weight excluding hydrogens is 129 g/mol. The van der Waals surface area contributed by atoms with Crippen LogP contribution in [0.15, 0.2) is 31.0 Å². The molecule has 0 aromatic carbocycles. The molecule has 1 aromatic rings. The van der Waals surface area contributed by atoms with E-state index in [2.05, 4.69) is 20.8 Å².